The fraction of sp³-hybridized carbons (Fsp3) is 0.120. The first-order valence-corrected chi connectivity index (χ1v) is 11.4. The van der Waals surface area contributed by atoms with Gasteiger partial charge in [0.1, 0.15) is 11.8 Å². The largest absolute Gasteiger partial charge is 0.495 e. The Labute approximate surface area is 200 Å². The number of thiocarbonyl (C=S) groups is 1. The van der Waals surface area contributed by atoms with Crippen molar-refractivity contribution in [2.75, 3.05) is 12.0 Å². The first kappa shape index (κ1) is 20.7. The second kappa shape index (κ2) is 8.76. The fourth-order valence-corrected chi connectivity index (χ4v) is 4.83. The lowest BCUT2D eigenvalue weighted by atomic mass is 10.0. The molecule has 0 bridgehead atoms. The number of aromatic nitrogens is 2. The highest BCUT2D eigenvalue weighted by atomic mass is 79.9. The maximum absolute atomic E-state index is 5.83. The number of benzene rings is 2. The Morgan fingerprint density at radius 1 is 0.969 bits per heavy atom. The highest BCUT2D eigenvalue weighted by molar-refractivity contribution is 9.10. The molecule has 1 aliphatic rings. The van der Waals surface area contributed by atoms with Crippen molar-refractivity contribution in [2.45, 2.75) is 12.1 Å². The van der Waals surface area contributed by atoms with Crippen molar-refractivity contribution in [1.82, 2.24) is 14.9 Å². The molecule has 0 unspecified atom stereocenters. The van der Waals surface area contributed by atoms with Crippen LogP contribution < -0.4 is 15.0 Å². The molecule has 0 aliphatic carbocycles. The molecule has 1 saturated heterocycles. The molecule has 0 spiro atoms. The standard InChI is InChI=1S/C25H21BrN4OS/c1-31-22-10-3-2-8-20(22)29-16-6-9-21(29)24-23(19-7-4-5-15-27-19)28-25(32)30(24)18-13-11-17(26)12-14-18/h2-16,23-24H,1H3,(H,28,32)/t23-,24+/m0/s1. The molecule has 2 aromatic carbocycles. The number of rotatable bonds is 5. The smallest absolute Gasteiger partial charge is 0.174 e. The normalized spacial score (nSPS) is 17.9. The highest BCUT2D eigenvalue weighted by Gasteiger charge is 2.42. The molecule has 7 heteroatoms. The molecule has 1 aliphatic heterocycles. The molecule has 0 amide bonds. The summed E-state index contributed by atoms with van der Waals surface area (Å²) in [6, 6.07) is 26.2. The molecule has 2 atom stereocenters. The number of nitrogens with zero attached hydrogens (tertiary/aromatic N) is 3. The molecule has 32 heavy (non-hydrogen) atoms. The molecule has 4 aromatic rings. The minimum Gasteiger partial charge on any atom is -0.495 e. The van der Waals surface area contributed by atoms with Gasteiger partial charge in [-0.15, -0.1) is 0 Å². The van der Waals surface area contributed by atoms with E-state index in [4.69, 9.17) is 17.0 Å². The summed E-state index contributed by atoms with van der Waals surface area (Å²) in [4.78, 5) is 6.81. The van der Waals surface area contributed by atoms with Crippen LogP contribution in [0.3, 0.4) is 0 Å². The third kappa shape index (κ3) is 3.67. The van der Waals surface area contributed by atoms with Crippen LogP contribution in [0.5, 0.6) is 5.75 Å². The van der Waals surface area contributed by atoms with Crippen LogP contribution in [0.25, 0.3) is 5.69 Å². The molecule has 1 N–H and O–H groups in total. The van der Waals surface area contributed by atoms with E-state index in [2.05, 4.69) is 72.2 Å². The first-order chi connectivity index (χ1) is 15.7. The highest BCUT2D eigenvalue weighted by Crippen LogP contribution is 2.43. The molecule has 2 aromatic heterocycles. The van der Waals surface area contributed by atoms with Gasteiger partial charge >= 0.3 is 0 Å². The lowest BCUT2D eigenvalue weighted by molar-refractivity contribution is 0.412. The topological polar surface area (TPSA) is 42.3 Å². The summed E-state index contributed by atoms with van der Waals surface area (Å²) in [5, 5.41) is 4.18. The van der Waals surface area contributed by atoms with E-state index in [1.165, 1.54) is 0 Å². The Balaban J connectivity index is 1.68. The van der Waals surface area contributed by atoms with E-state index in [1.807, 2.05) is 54.7 Å². The molecule has 1 fully saturated rings. The van der Waals surface area contributed by atoms with E-state index in [0.717, 1.165) is 33.0 Å². The average Bonchev–Trinajstić information content (AvgIpc) is 3.44. The summed E-state index contributed by atoms with van der Waals surface area (Å²) in [6.07, 6.45) is 3.88. The Hall–Kier alpha value is -3.16. The van der Waals surface area contributed by atoms with Gasteiger partial charge in [0.15, 0.2) is 5.11 Å². The van der Waals surface area contributed by atoms with Crippen molar-refractivity contribution in [3.8, 4) is 11.4 Å². The van der Waals surface area contributed by atoms with E-state index in [9.17, 15) is 0 Å². The zero-order valence-electron chi connectivity index (χ0n) is 17.4. The van der Waals surface area contributed by atoms with Crippen LogP contribution in [-0.2, 0) is 0 Å². The maximum Gasteiger partial charge on any atom is 0.174 e. The van der Waals surface area contributed by atoms with Gasteiger partial charge in [0, 0.05) is 28.2 Å². The minimum absolute atomic E-state index is 0.113. The zero-order chi connectivity index (χ0) is 22.1. The van der Waals surface area contributed by atoms with Crippen LogP contribution in [0, 0.1) is 0 Å². The monoisotopic (exact) mass is 504 g/mol. The third-order valence-corrected chi connectivity index (χ3v) is 6.47. The fourth-order valence-electron chi connectivity index (χ4n) is 4.22. The van der Waals surface area contributed by atoms with Gasteiger partial charge in [0.25, 0.3) is 0 Å². The second-order valence-electron chi connectivity index (χ2n) is 7.45. The van der Waals surface area contributed by atoms with E-state index >= 15 is 0 Å². The van der Waals surface area contributed by atoms with Crippen molar-refractivity contribution in [1.29, 1.82) is 0 Å². The number of hydrogen-bond donors (Lipinski definition) is 1. The minimum atomic E-state index is -0.115. The van der Waals surface area contributed by atoms with Gasteiger partial charge in [-0.05, 0) is 72.9 Å². The van der Waals surface area contributed by atoms with Gasteiger partial charge in [0.2, 0.25) is 0 Å². The van der Waals surface area contributed by atoms with Gasteiger partial charge in [-0.2, -0.15) is 0 Å². The molecular formula is C25H21BrN4OS. The number of halogens is 1. The summed E-state index contributed by atoms with van der Waals surface area (Å²) in [5.74, 6) is 0.808. The maximum atomic E-state index is 5.83. The van der Waals surface area contributed by atoms with Crippen molar-refractivity contribution in [3.05, 3.63) is 107 Å². The van der Waals surface area contributed by atoms with Gasteiger partial charge in [-0.1, -0.05) is 34.1 Å². The zero-order valence-corrected chi connectivity index (χ0v) is 19.8. The molecule has 0 saturated carbocycles. The summed E-state index contributed by atoms with van der Waals surface area (Å²) in [5.41, 5.74) is 4.01. The first-order valence-electron chi connectivity index (χ1n) is 10.2. The number of methoxy groups -OCH3 is 1. The molecule has 5 rings (SSSR count). The summed E-state index contributed by atoms with van der Waals surface area (Å²) >= 11 is 9.37. The predicted octanol–water partition coefficient (Wildman–Crippen LogP) is 5.82. The van der Waals surface area contributed by atoms with E-state index in [1.54, 1.807) is 7.11 Å². The summed E-state index contributed by atoms with van der Waals surface area (Å²) in [7, 11) is 1.69. The van der Waals surface area contributed by atoms with Crippen LogP contribution >= 0.6 is 28.1 Å². The average molecular weight is 505 g/mol. The number of anilines is 1. The van der Waals surface area contributed by atoms with Crippen LogP contribution in [0.2, 0.25) is 0 Å². The number of para-hydroxylation sites is 2. The van der Waals surface area contributed by atoms with Gasteiger partial charge in [-0.25, -0.2) is 0 Å². The lowest BCUT2D eigenvalue weighted by Gasteiger charge is -2.29. The van der Waals surface area contributed by atoms with Crippen LogP contribution in [0.4, 0.5) is 5.69 Å². The van der Waals surface area contributed by atoms with Crippen molar-refractivity contribution in [2.24, 2.45) is 0 Å². The van der Waals surface area contributed by atoms with Crippen molar-refractivity contribution < 1.29 is 4.74 Å². The lowest BCUT2D eigenvalue weighted by Crippen LogP contribution is -2.30. The van der Waals surface area contributed by atoms with Crippen LogP contribution in [0.15, 0.2) is 95.7 Å². The van der Waals surface area contributed by atoms with Crippen LogP contribution in [-0.4, -0.2) is 21.8 Å². The molecule has 5 nitrogen and oxygen atoms in total. The van der Waals surface area contributed by atoms with E-state index < -0.39 is 0 Å². The van der Waals surface area contributed by atoms with Gasteiger partial charge in [-0.3, -0.25) is 4.98 Å². The number of pyridine rings is 1. The van der Waals surface area contributed by atoms with Gasteiger partial charge in [0.05, 0.1) is 24.5 Å². The molecule has 160 valence electrons. The van der Waals surface area contributed by atoms with E-state index in [0.29, 0.717) is 5.11 Å². The summed E-state index contributed by atoms with van der Waals surface area (Å²) in [6.45, 7) is 0. The van der Waals surface area contributed by atoms with E-state index in [-0.39, 0.29) is 12.1 Å². The predicted molar refractivity (Wildman–Crippen MR) is 134 cm³/mol. The van der Waals surface area contributed by atoms with Crippen molar-refractivity contribution >= 4 is 38.9 Å². The van der Waals surface area contributed by atoms with Crippen LogP contribution in [0.1, 0.15) is 23.5 Å². The number of nitrogens with one attached hydrogen (secondary N) is 1. The Morgan fingerprint density at radius 2 is 1.75 bits per heavy atom. The molecule has 0 radical (unpaired) electrons. The van der Waals surface area contributed by atoms with Gasteiger partial charge < -0.3 is 19.5 Å². The van der Waals surface area contributed by atoms with Crippen molar-refractivity contribution in [3.63, 3.8) is 0 Å². The molecule has 3 heterocycles. The molecular weight excluding hydrogens is 484 g/mol. The quantitative estimate of drug-likeness (QED) is 0.346. The SMILES string of the molecule is COc1ccccc1-n1cccc1[C@@H]1[C@H](c2ccccn2)NC(=S)N1c1ccc(Br)cc1. The Morgan fingerprint density at radius 3 is 2.50 bits per heavy atom. The number of hydrogen-bond acceptors (Lipinski definition) is 3. The Kier molecular flexibility index (Phi) is 5.68. The third-order valence-electron chi connectivity index (χ3n) is 5.63. The second-order valence-corrected chi connectivity index (χ2v) is 8.75. The number of ether oxygens (including phenoxy) is 1. The Bertz CT molecular complexity index is 1240. The summed E-state index contributed by atoms with van der Waals surface area (Å²) < 4.78 is 8.84.